The lowest BCUT2D eigenvalue weighted by Crippen LogP contribution is -2.00. The molecule has 0 atom stereocenters. The maximum absolute atomic E-state index is 5.11. The summed E-state index contributed by atoms with van der Waals surface area (Å²) in [6.07, 6.45) is 1.85. The molecule has 0 unspecified atom stereocenters. The van der Waals surface area contributed by atoms with Gasteiger partial charge in [-0.1, -0.05) is 30.3 Å². The first-order chi connectivity index (χ1) is 9.86. The first-order valence-electron chi connectivity index (χ1n) is 6.59. The van der Waals surface area contributed by atoms with Crippen molar-refractivity contribution in [3.05, 3.63) is 59.8 Å². The Morgan fingerprint density at radius 2 is 1.90 bits per heavy atom. The van der Waals surface area contributed by atoms with Crippen LogP contribution in [0.15, 0.2) is 48.7 Å². The number of rotatable bonds is 5. The van der Waals surface area contributed by atoms with E-state index in [2.05, 4.69) is 45.8 Å². The van der Waals surface area contributed by atoms with Crippen molar-refractivity contribution in [2.75, 3.05) is 12.4 Å². The third-order valence-electron chi connectivity index (χ3n) is 3.30. The molecule has 2 aromatic carbocycles. The third kappa shape index (κ3) is 2.65. The van der Waals surface area contributed by atoms with Gasteiger partial charge in [0.25, 0.3) is 0 Å². The molecule has 0 spiro atoms. The number of aromatic amines is 1. The molecule has 0 aliphatic heterocycles. The van der Waals surface area contributed by atoms with Gasteiger partial charge in [0.05, 0.1) is 18.3 Å². The van der Waals surface area contributed by atoms with Gasteiger partial charge in [-0.3, -0.25) is 5.10 Å². The average molecular weight is 267 g/mol. The number of hydrogen-bond acceptors (Lipinski definition) is 3. The lowest BCUT2D eigenvalue weighted by atomic mass is 10.1. The predicted molar refractivity (Wildman–Crippen MR) is 80.6 cm³/mol. The summed E-state index contributed by atoms with van der Waals surface area (Å²) in [5.41, 5.74) is 4.57. The van der Waals surface area contributed by atoms with E-state index in [0.29, 0.717) is 6.61 Å². The summed E-state index contributed by atoms with van der Waals surface area (Å²) in [6, 6.07) is 14.5. The lowest BCUT2D eigenvalue weighted by Gasteiger charge is -2.08. The summed E-state index contributed by atoms with van der Waals surface area (Å²) in [7, 11) is 1.71. The molecule has 20 heavy (non-hydrogen) atoms. The summed E-state index contributed by atoms with van der Waals surface area (Å²) in [5.74, 6) is 0. The fraction of sp³-hybridized carbons (Fsp3) is 0.188. The molecule has 0 radical (unpaired) electrons. The van der Waals surface area contributed by atoms with Crippen LogP contribution < -0.4 is 5.32 Å². The van der Waals surface area contributed by atoms with E-state index in [9.17, 15) is 0 Å². The third-order valence-corrected chi connectivity index (χ3v) is 3.30. The molecule has 0 bridgehead atoms. The number of benzene rings is 2. The summed E-state index contributed by atoms with van der Waals surface area (Å²) in [6.45, 7) is 1.44. The Balaban J connectivity index is 1.71. The molecular weight excluding hydrogens is 250 g/mol. The Morgan fingerprint density at radius 1 is 1.10 bits per heavy atom. The van der Waals surface area contributed by atoms with Crippen LogP contribution in [0.1, 0.15) is 11.1 Å². The molecule has 2 N–H and O–H groups in total. The molecule has 3 rings (SSSR count). The Hall–Kier alpha value is -2.33. The Bertz CT molecular complexity index is 688. The molecule has 0 saturated carbocycles. The number of nitrogens with one attached hydrogen (secondary N) is 2. The van der Waals surface area contributed by atoms with E-state index in [1.165, 1.54) is 11.1 Å². The van der Waals surface area contributed by atoms with Crippen LogP contribution in [0.5, 0.6) is 0 Å². The fourth-order valence-electron chi connectivity index (χ4n) is 2.24. The standard InChI is InChI=1S/C16H17N3O/c1-20-11-13-7-5-12(6-8-13)9-17-15-3-2-4-16-14(15)10-18-19-16/h2-8,10,17H,9,11H2,1H3,(H,18,19). The zero-order valence-corrected chi connectivity index (χ0v) is 11.4. The van der Waals surface area contributed by atoms with Crippen molar-refractivity contribution in [1.29, 1.82) is 0 Å². The number of ether oxygens (including phenoxy) is 1. The van der Waals surface area contributed by atoms with Crippen molar-refractivity contribution < 1.29 is 4.74 Å². The Morgan fingerprint density at radius 3 is 2.70 bits per heavy atom. The zero-order valence-electron chi connectivity index (χ0n) is 11.4. The number of fused-ring (bicyclic) bond motifs is 1. The van der Waals surface area contributed by atoms with Gasteiger partial charge in [-0.15, -0.1) is 0 Å². The molecule has 0 aliphatic rings. The largest absolute Gasteiger partial charge is 0.380 e. The second-order valence-corrected chi connectivity index (χ2v) is 4.74. The second-order valence-electron chi connectivity index (χ2n) is 4.74. The highest BCUT2D eigenvalue weighted by atomic mass is 16.5. The molecule has 102 valence electrons. The Kier molecular flexibility index (Phi) is 3.65. The van der Waals surface area contributed by atoms with E-state index in [1.807, 2.05) is 18.3 Å². The molecule has 1 heterocycles. The maximum Gasteiger partial charge on any atom is 0.0713 e. The van der Waals surface area contributed by atoms with Crippen LogP contribution in [0.4, 0.5) is 5.69 Å². The highest BCUT2D eigenvalue weighted by Crippen LogP contribution is 2.21. The Labute approximate surface area is 117 Å². The summed E-state index contributed by atoms with van der Waals surface area (Å²) < 4.78 is 5.11. The molecule has 0 amide bonds. The molecule has 4 heteroatoms. The van der Waals surface area contributed by atoms with Gasteiger partial charge in [-0.05, 0) is 23.3 Å². The molecule has 3 aromatic rings. The van der Waals surface area contributed by atoms with Gasteiger partial charge in [-0.2, -0.15) is 5.10 Å². The zero-order chi connectivity index (χ0) is 13.8. The average Bonchev–Trinajstić information content (AvgIpc) is 2.96. The smallest absolute Gasteiger partial charge is 0.0713 e. The minimum absolute atomic E-state index is 0.655. The monoisotopic (exact) mass is 267 g/mol. The van der Waals surface area contributed by atoms with E-state index < -0.39 is 0 Å². The lowest BCUT2D eigenvalue weighted by molar-refractivity contribution is 0.185. The van der Waals surface area contributed by atoms with Crippen LogP contribution in [0.25, 0.3) is 10.9 Å². The number of anilines is 1. The normalized spacial score (nSPS) is 10.8. The van der Waals surface area contributed by atoms with Crippen LogP contribution in [-0.2, 0) is 17.9 Å². The number of hydrogen-bond donors (Lipinski definition) is 2. The number of H-pyrrole nitrogens is 1. The van der Waals surface area contributed by atoms with E-state index in [4.69, 9.17) is 4.74 Å². The first-order valence-corrected chi connectivity index (χ1v) is 6.59. The van der Waals surface area contributed by atoms with Gasteiger partial charge >= 0.3 is 0 Å². The van der Waals surface area contributed by atoms with Crippen molar-refractivity contribution in [1.82, 2.24) is 10.2 Å². The molecule has 0 fully saturated rings. The van der Waals surface area contributed by atoms with Gasteiger partial charge in [0, 0.05) is 24.7 Å². The van der Waals surface area contributed by atoms with Gasteiger partial charge in [0.2, 0.25) is 0 Å². The van der Waals surface area contributed by atoms with Crippen molar-refractivity contribution >= 4 is 16.6 Å². The summed E-state index contributed by atoms with van der Waals surface area (Å²) in [4.78, 5) is 0. The molecule has 0 saturated heterocycles. The van der Waals surface area contributed by atoms with Crippen LogP contribution in [0, 0.1) is 0 Å². The van der Waals surface area contributed by atoms with E-state index >= 15 is 0 Å². The van der Waals surface area contributed by atoms with Crippen LogP contribution in [0.2, 0.25) is 0 Å². The fourth-order valence-corrected chi connectivity index (χ4v) is 2.24. The first kappa shape index (κ1) is 12.7. The van der Waals surface area contributed by atoms with Gasteiger partial charge in [0.15, 0.2) is 0 Å². The topological polar surface area (TPSA) is 49.9 Å². The van der Waals surface area contributed by atoms with E-state index in [-0.39, 0.29) is 0 Å². The highest BCUT2D eigenvalue weighted by Gasteiger charge is 2.02. The highest BCUT2D eigenvalue weighted by molar-refractivity contribution is 5.90. The molecular formula is C16H17N3O. The minimum Gasteiger partial charge on any atom is -0.380 e. The second kappa shape index (κ2) is 5.75. The van der Waals surface area contributed by atoms with Crippen molar-refractivity contribution in [2.24, 2.45) is 0 Å². The van der Waals surface area contributed by atoms with Crippen molar-refractivity contribution in [3.63, 3.8) is 0 Å². The van der Waals surface area contributed by atoms with Gasteiger partial charge < -0.3 is 10.1 Å². The minimum atomic E-state index is 0.655. The van der Waals surface area contributed by atoms with Crippen molar-refractivity contribution in [3.8, 4) is 0 Å². The molecule has 1 aromatic heterocycles. The number of aromatic nitrogens is 2. The van der Waals surface area contributed by atoms with Gasteiger partial charge in [0.1, 0.15) is 0 Å². The van der Waals surface area contributed by atoms with Crippen molar-refractivity contribution in [2.45, 2.75) is 13.2 Å². The number of nitrogens with zero attached hydrogens (tertiary/aromatic N) is 1. The quantitative estimate of drug-likeness (QED) is 0.745. The van der Waals surface area contributed by atoms with Crippen LogP contribution >= 0.6 is 0 Å². The number of methoxy groups -OCH3 is 1. The maximum atomic E-state index is 5.11. The van der Waals surface area contributed by atoms with Crippen LogP contribution in [0.3, 0.4) is 0 Å². The van der Waals surface area contributed by atoms with Gasteiger partial charge in [-0.25, -0.2) is 0 Å². The summed E-state index contributed by atoms with van der Waals surface area (Å²) in [5, 5.41) is 11.6. The molecule has 4 nitrogen and oxygen atoms in total. The van der Waals surface area contributed by atoms with Crippen LogP contribution in [-0.4, -0.2) is 17.3 Å². The van der Waals surface area contributed by atoms with E-state index in [1.54, 1.807) is 7.11 Å². The van der Waals surface area contributed by atoms with E-state index in [0.717, 1.165) is 23.1 Å². The molecule has 0 aliphatic carbocycles. The predicted octanol–water partition coefficient (Wildman–Crippen LogP) is 3.32. The SMILES string of the molecule is COCc1ccc(CNc2cccc3[nH]ncc23)cc1. The summed E-state index contributed by atoms with van der Waals surface area (Å²) >= 11 is 0.